The van der Waals surface area contributed by atoms with E-state index in [2.05, 4.69) is 47.9 Å². The maximum absolute atomic E-state index is 4.77. The summed E-state index contributed by atoms with van der Waals surface area (Å²) in [6.45, 7) is 3.13. The lowest BCUT2D eigenvalue weighted by Crippen LogP contribution is -2.07. The van der Waals surface area contributed by atoms with Crippen molar-refractivity contribution in [3.05, 3.63) is 58.6 Å². The highest BCUT2D eigenvalue weighted by molar-refractivity contribution is 9.10. The molecular formula is C16H13BrN8. The molecule has 9 heteroatoms. The van der Waals surface area contributed by atoms with Gasteiger partial charge in [0.2, 0.25) is 0 Å². The van der Waals surface area contributed by atoms with E-state index >= 15 is 0 Å². The van der Waals surface area contributed by atoms with Gasteiger partial charge in [-0.2, -0.15) is 5.10 Å². The van der Waals surface area contributed by atoms with E-state index in [1.165, 1.54) is 0 Å². The zero-order valence-corrected chi connectivity index (χ0v) is 14.9. The normalized spacial score (nSPS) is 12.4. The third-order valence-electron chi connectivity index (χ3n) is 4.32. The molecule has 4 aromatic rings. The highest BCUT2D eigenvalue weighted by Gasteiger charge is 2.24. The van der Waals surface area contributed by atoms with E-state index in [4.69, 9.17) is 10.1 Å². The first-order valence-corrected chi connectivity index (χ1v) is 8.59. The molecule has 0 N–H and O–H groups in total. The first kappa shape index (κ1) is 14.5. The molecule has 0 aliphatic carbocycles. The third-order valence-corrected chi connectivity index (χ3v) is 4.82. The number of hydrogen-bond acceptors (Lipinski definition) is 5. The molecule has 3 aromatic heterocycles. The van der Waals surface area contributed by atoms with Crippen molar-refractivity contribution < 1.29 is 0 Å². The predicted octanol–water partition coefficient (Wildman–Crippen LogP) is 2.20. The maximum Gasteiger partial charge on any atom is 0.172 e. The molecule has 8 nitrogen and oxygen atoms in total. The zero-order valence-electron chi connectivity index (χ0n) is 13.3. The van der Waals surface area contributed by atoms with E-state index in [-0.39, 0.29) is 0 Å². The van der Waals surface area contributed by atoms with Gasteiger partial charge in [-0.3, -0.25) is 0 Å². The molecule has 4 heterocycles. The Hall–Kier alpha value is -2.81. The topological polar surface area (TPSA) is 79.2 Å². The van der Waals surface area contributed by atoms with Crippen molar-refractivity contribution in [2.75, 3.05) is 0 Å². The molecule has 1 aliphatic heterocycles. The fourth-order valence-electron chi connectivity index (χ4n) is 3.13. The van der Waals surface area contributed by atoms with E-state index in [0.29, 0.717) is 18.9 Å². The minimum absolute atomic E-state index is 0.488. The van der Waals surface area contributed by atoms with Crippen LogP contribution in [0.5, 0.6) is 0 Å². The highest BCUT2D eigenvalue weighted by atomic mass is 79.9. The molecule has 0 saturated heterocycles. The van der Waals surface area contributed by atoms with Gasteiger partial charge in [-0.05, 0) is 25.1 Å². The van der Waals surface area contributed by atoms with Crippen LogP contribution in [0.2, 0.25) is 0 Å². The van der Waals surface area contributed by atoms with Crippen LogP contribution >= 0.6 is 15.9 Å². The molecule has 5 rings (SSSR count). The van der Waals surface area contributed by atoms with Crippen LogP contribution in [0.15, 0.2) is 41.4 Å². The van der Waals surface area contributed by atoms with Gasteiger partial charge in [-0.25, -0.2) is 19.3 Å². The molecule has 124 valence electrons. The SMILES string of the molecule is Cc1ncn2c1Cn1nc(Cn3ccnn3)nc1-c1cc(Br)ccc1-2. The van der Waals surface area contributed by atoms with Crippen molar-refractivity contribution in [1.82, 2.24) is 39.3 Å². The number of hydrogen-bond donors (Lipinski definition) is 0. The van der Waals surface area contributed by atoms with Crippen molar-refractivity contribution in [3.8, 4) is 17.1 Å². The Morgan fingerprint density at radius 2 is 2.20 bits per heavy atom. The summed E-state index contributed by atoms with van der Waals surface area (Å²) < 4.78 is 6.77. The van der Waals surface area contributed by atoms with Crippen LogP contribution in [0.25, 0.3) is 17.1 Å². The molecular weight excluding hydrogens is 384 g/mol. The second-order valence-electron chi connectivity index (χ2n) is 5.92. The predicted molar refractivity (Wildman–Crippen MR) is 93.2 cm³/mol. The molecule has 0 saturated carbocycles. The summed E-state index contributed by atoms with van der Waals surface area (Å²) in [7, 11) is 0. The van der Waals surface area contributed by atoms with Crippen LogP contribution < -0.4 is 0 Å². The molecule has 0 spiro atoms. The van der Waals surface area contributed by atoms with Gasteiger partial charge in [-0.15, -0.1) is 5.10 Å². The van der Waals surface area contributed by atoms with E-state index in [9.17, 15) is 0 Å². The number of rotatable bonds is 2. The summed E-state index contributed by atoms with van der Waals surface area (Å²) >= 11 is 3.56. The van der Waals surface area contributed by atoms with Gasteiger partial charge >= 0.3 is 0 Å². The summed E-state index contributed by atoms with van der Waals surface area (Å²) in [5.41, 5.74) is 4.18. The second kappa shape index (κ2) is 5.35. The Bertz CT molecular complexity index is 1080. The average molecular weight is 397 g/mol. The zero-order chi connectivity index (χ0) is 17.0. The molecule has 1 aromatic carbocycles. The number of imidazole rings is 1. The molecule has 25 heavy (non-hydrogen) atoms. The van der Waals surface area contributed by atoms with Crippen molar-refractivity contribution in [1.29, 1.82) is 0 Å². The van der Waals surface area contributed by atoms with Gasteiger partial charge in [0.15, 0.2) is 11.6 Å². The van der Waals surface area contributed by atoms with Crippen molar-refractivity contribution in [2.45, 2.75) is 20.0 Å². The molecule has 0 amide bonds. The number of halogens is 1. The molecule has 1 aliphatic rings. The van der Waals surface area contributed by atoms with Crippen LogP contribution in [-0.2, 0) is 13.1 Å². The number of aromatic nitrogens is 8. The number of nitrogens with zero attached hydrogens (tertiary/aromatic N) is 8. The van der Waals surface area contributed by atoms with Gasteiger partial charge in [0.05, 0.1) is 36.1 Å². The summed E-state index contributed by atoms with van der Waals surface area (Å²) in [6, 6.07) is 6.17. The third kappa shape index (κ3) is 2.30. The fourth-order valence-corrected chi connectivity index (χ4v) is 3.49. The molecule has 0 radical (unpaired) electrons. The average Bonchev–Trinajstić information content (AvgIpc) is 3.30. The van der Waals surface area contributed by atoms with Crippen molar-refractivity contribution >= 4 is 15.9 Å². The highest BCUT2D eigenvalue weighted by Crippen LogP contribution is 2.33. The lowest BCUT2D eigenvalue weighted by atomic mass is 10.1. The molecule has 0 atom stereocenters. The fraction of sp³-hybridized carbons (Fsp3) is 0.188. The first-order valence-electron chi connectivity index (χ1n) is 7.80. The van der Waals surface area contributed by atoms with Crippen LogP contribution in [0.1, 0.15) is 17.2 Å². The molecule has 0 bridgehead atoms. The lowest BCUT2D eigenvalue weighted by molar-refractivity contribution is 0.604. The standard InChI is InChI=1S/C16H13BrN8/c1-10-14-7-25-16(20-15(21-25)8-23-5-4-19-22-23)12-6-11(17)2-3-13(12)24(14)9-18-10/h2-6,9H,7-8H2,1H3. The van der Waals surface area contributed by atoms with Crippen LogP contribution in [-0.4, -0.2) is 39.3 Å². The Morgan fingerprint density at radius 1 is 1.28 bits per heavy atom. The van der Waals surface area contributed by atoms with Crippen LogP contribution in [0.3, 0.4) is 0 Å². The minimum atomic E-state index is 0.488. The van der Waals surface area contributed by atoms with Gasteiger partial charge in [0, 0.05) is 16.2 Å². The number of aryl methyl sites for hydroxylation is 1. The summed E-state index contributed by atoms with van der Waals surface area (Å²) in [4.78, 5) is 9.24. The van der Waals surface area contributed by atoms with E-state index in [0.717, 1.165) is 32.9 Å². The Morgan fingerprint density at radius 3 is 3.04 bits per heavy atom. The minimum Gasteiger partial charge on any atom is -0.300 e. The number of benzene rings is 1. The summed E-state index contributed by atoms with van der Waals surface area (Å²) in [5, 5.41) is 12.5. The van der Waals surface area contributed by atoms with Gasteiger partial charge in [0.1, 0.15) is 6.54 Å². The van der Waals surface area contributed by atoms with Gasteiger partial charge in [-0.1, -0.05) is 21.1 Å². The Balaban J connectivity index is 1.70. The van der Waals surface area contributed by atoms with Gasteiger partial charge < -0.3 is 4.57 Å². The molecule has 0 unspecified atom stereocenters. The quantitative estimate of drug-likeness (QED) is 0.456. The number of fused-ring (bicyclic) bond motifs is 5. The smallest absolute Gasteiger partial charge is 0.172 e. The van der Waals surface area contributed by atoms with Crippen LogP contribution in [0.4, 0.5) is 0 Å². The summed E-state index contributed by atoms with van der Waals surface area (Å²) in [5.74, 6) is 1.55. The monoisotopic (exact) mass is 396 g/mol. The Labute approximate surface area is 151 Å². The summed E-state index contributed by atoms with van der Waals surface area (Å²) in [6.07, 6.45) is 5.31. The van der Waals surface area contributed by atoms with Crippen molar-refractivity contribution in [2.24, 2.45) is 0 Å². The maximum atomic E-state index is 4.77. The largest absolute Gasteiger partial charge is 0.300 e. The Kier molecular flexibility index (Phi) is 3.11. The van der Waals surface area contributed by atoms with E-state index < -0.39 is 0 Å². The first-order chi connectivity index (χ1) is 12.2. The van der Waals surface area contributed by atoms with E-state index in [1.807, 2.05) is 24.0 Å². The lowest BCUT2D eigenvalue weighted by Gasteiger charge is -2.08. The molecule has 0 fully saturated rings. The van der Waals surface area contributed by atoms with Crippen LogP contribution in [0, 0.1) is 6.92 Å². The van der Waals surface area contributed by atoms with Gasteiger partial charge in [0.25, 0.3) is 0 Å². The second-order valence-corrected chi connectivity index (χ2v) is 6.83. The van der Waals surface area contributed by atoms with Crippen molar-refractivity contribution in [3.63, 3.8) is 0 Å². The van der Waals surface area contributed by atoms with E-state index in [1.54, 1.807) is 17.1 Å².